The molecule has 11 nitrogen and oxygen atoms in total. The molecule has 0 radical (unpaired) electrons. The summed E-state index contributed by atoms with van der Waals surface area (Å²) in [6.45, 7) is 11.2. The predicted molar refractivity (Wildman–Crippen MR) is 151 cm³/mol. The molecule has 0 rings (SSSR count). The van der Waals surface area contributed by atoms with Gasteiger partial charge in [-0.3, -0.25) is 9.59 Å². The SMILES string of the molecule is CCCCCCCCC(=O)OCCOCCOCCOCCOCCOCCOCCOCCOC(=O)CCC. The van der Waals surface area contributed by atoms with Gasteiger partial charge in [0.1, 0.15) is 13.2 Å². The first-order chi connectivity index (χ1) is 19.7. The van der Waals surface area contributed by atoms with E-state index in [4.69, 9.17) is 42.6 Å². The van der Waals surface area contributed by atoms with Crippen LogP contribution in [0.5, 0.6) is 0 Å². The molecule has 0 saturated heterocycles. The Kier molecular flexibility index (Phi) is 32.7. The fourth-order valence-electron chi connectivity index (χ4n) is 3.25. The molecule has 238 valence electrons. The van der Waals surface area contributed by atoms with Crippen LogP contribution in [-0.2, 0) is 52.2 Å². The lowest BCUT2D eigenvalue weighted by Gasteiger charge is -2.09. The van der Waals surface area contributed by atoms with Gasteiger partial charge in [0.25, 0.3) is 0 Å². The monoisotopic (exact) mass is 580 g/mol. The largest absolute Gasteiger partial charge is 0.463 e. The highest BCUT2D eigenvalue weighted by Crippen LogP contribution is 2.07. The normalized spacial score (nSPS) is 11.2. The van der Waals surface area contributed by atoms with Crippen molar-refractivity contribution in [3.63, 3.8) is 0 Å². The maximum Gasteiger partial charge on any atom is 0.305 e. The third kappa shape index (κ3) is 32.9. The van der Waals surface area contributed by atoms with Crippen molar-refractivity contribution in [1.82, 2.24) is 0 Å². The van der Waals surface area contributed by atoms with Gasteiger partial charge >= 0.3 is 11.9 Å². The fourth-order valence-corrected chi connectivity index (χ4v) is 3.25. The lowest BCUT2D eigenvalue weighted by molar-refractivity contribution is -0.146. The van der Waals surface area contributed by atoms with Crippen molar-refractivity contribution in [2.45, 2.75) is 71.6 Å². The molecule has 0 aliphatic heterocycles. The molecule has 0 spiro atoms. The van der Waals surface area contributed by atoms with Crippen LogP contribution in [0.25, 0.3) is 0 Å². The Bertz CT molecular complexity index is 534. The van der Waals surface area contributed by atoms with Gasteiger partial charge in [-0.2, -0.15) is 0 Å². The summed E-state index contributed by atoms with van der Waals surface area (Å²) >= 11 is 0. The van der Waals surface area contributed by atoms with Gasteiger partial charge in [0.15, 0.2) is 0 Å². The Morgan fingerprint density at radius 3 is 1.00 bits per heavy atom. The van der Waals surface area contributed by atoms with Crippen LogP contribution in [-0.4, -0.2) is 118 Å². The average molecular weight is 581 g/mol. The summed E-state index contributed by atoms with van der Waals surface area (Å²) in [7, 11) is 0. The first-order valence-corrected chi connectivity index (χ1v) is 15.1. The molecule has 0 saturated carbocycles. The number of ether oxygens (including phenoxy) is 9. The molecule has 0 heterocycles. The molecule has 0 amide bonds. The Labute approximate surface area is 241 Å². The molecular weight excluding hydrogens is 524 g/mol. The van der Waals surface area contributed by atoms with E-state index in [9.17, 15) is 9.59 Å². The summed E-state index contributed by atoms with van der Waals surface area (Å²) in [6, 6.07) is 0. The van der Waals surface area contributed by atoms with E-state index < -0.39 is 0 Å². The van der Waals surface area contributed by atoms with Gasteiger partial charge in [-0.15, -0.1) is 0 Å². The molecule has 0 aliphatic carbocycles. The van der Waals surface area contributed by atoms with Crippen molar-refractivity contribution >= 4 is 11.9 Å². The van der Waals surface area contributed by atoms with E-state index in [-0.39, 0.29) is 25.2 Å². The molecule has 0 bridgehead atoms. The molecule has 0 aliphatic rings. The maximum atomic E-state index is 11.6. The van der Waals surface area contributed by atoms with Crippen molar-refractivity contribution in [3.8, 4) is 0 Å². The molecule has 0 unspecified atom stereocenters. The number of carbonyl (C=O) groups excluding carboxylic acids is 2. The van der Waals surface area contributed by atoms with Crippen LogP contribution in [0.2, 0.25) is 0 Å². The van der Waals surface area contributed by atoms with Crippen molar-refractivity contribution < 1.29 is 52.2 Å². The zero-order chi connectivity index (χ0) is 29.2. The molecule has 0 aromatic rings. The van der Waals surface area contributed by atoms with E-state index >= 15 is 0 Å². The summed E-state index contributed by atoms with van der Waals surface area (Å²) in [5, 5.41) is 0. The number of unbranched alkanes of at least 4 members (excludes halogenated alkanes) is 5. The topological polar surface area (TPSA) is 117 Å². The van der Waals surface area contributed by atoms with Gasteiger partial charge in [0.05, 0.1) is 92.5 Å². The van der Waals surface area contributed by atoms with Gasteiger partial charge in [-0.1, -0.05) is 46.0 Å². The van der Waals surface area contributed by atoms with Crippen LogP contribution in [0, 0.1) is 0 Å². The van der Waals surface area contributed by atoms with Crippen molar-refractivity contribution in [2.75, 3.05) is 106 Å². The molecule has 40 heavy (non-hydrogen) atoms. The molecule has 0 atom stereocenters. The molecule has 0 N–H and O–H groups in total. The number of hydrogen-bond donors (Lipinski definition) is 0. The second-order valence-corrected chi connectivity index (χ2v) is 9.00. The van der Waals surface area contributed by atoms with E-state index in [0.29, 0.717) is 105 Å². The fraction of sp³-hybridized carbons (Fsp3) is 0.931. The van der Waals surface area contributed by atoms with Crippen molar-refractivity contribution in [2.24, 2.45) is 0 Å². The average Bonchev–Trinajstić information content (AvgIpc) is 2.95. The highest BCUT2D eigenvalue weighted by atomic mass is 16.6. The first kappa shape index (κ1) is 38.7. The molecule has 0 aromatic carbocycles. The summed E-state index contributed by atoms with van der Waals surface area (Å²) < 4.78 is 48.0. The second kappa shape index (κ2) is 33.9. The van der Waals surface area contributed by atoms with Gasteiger partial charge in [0.2, 0.25) is 0 Å². The lowest BCUT2D eigenvalue weighted by Crippen LogP contribution is -2.15. The maximum absolute atomic E-state index is 11.6. The van der Waals surface area contributed by atoms with Crippen LogP contribution in [0.4, 0.5) is 0 Å². The number of carbonyl (C=O) groups is 2. The highest BCUT2D eigenvalue weighted by molar-refractivity contribution is 5.69. The van der Waals surface area contributed by atoms with Gasteiger partial charge in [-0.25, -0.2) is 0 Å². The van der Waals surface area contributed by atoms with Crippen molar-refractivity contribution in [3.05, 3.63) is 0 Å². The summed E-state index contributed by atoms with van der Waals surface area (Å²) in [5.41, 5.74) is 0. The third-order valence-electron chi connectivity index (χ3n) is 5.40. The van der Waals surface area contributed by atoms with E-state index in [1.807, 2.05) is 6.92 Å². The Balaban J connectivity index is 3.12. The Morgan fingerprint density at radius 1 is 0.350 bits per heavy atom. The lowest BCUT2D eigenvalue weighted by atomic mass is 10.1. The van der Waals surface area contributed by atoms with Crippen LogP contribution in [0.3, 0.4) is 0 Å². The summed E-state index contributed by atoms with van der Waals surface area (Å²) in [6.07, 6.45) is 8.65. The van der Waals surface area contributed by atoms with Crippen molar-refractivity contribution in [1.29, 1.82) is 0 Å². The molecular formula is C29H56O11. The minimum Gasteiger partial charge on any atom is -0.463 e. The van der Waals surface area contributed by atoms with Crippen LogP contribution in [0.15, 0.2) is 0 Å². The highest BCUT2D eigenvalue weighted by Gasteiger charge is 2.03. The summed E-state index contributed by atoms with van der Waals surface area (Å²) in [5.74, 6) is -0.334. The minimum atomic E-state index is -0.189. The van der Waals surface area contributed by atoms with Crippen LogP contribution >= 0.6 is 0 Å². The second-order valence-electron chi connectivity index (χ2n) is 9.00. The van der Waals surface area contributed by atoms with Crippen LogP contribution < -0.4 is 0 Å². The molecule has 11 heteroatoms. The Hall–Kier alpha value is -1.34. The Morgan fingerprint density at radius 2 is 0.650 bits per heavy atom. The number of rotatable bonds is 33. The number of hydrogen-bond acceptors (Lipinski definition) is 11. The zero-order valence-electron chi connectivity index (χ0n) is 25.2. The minimum absolute atomic E-state index is 0.145. The van der Waals surface area contributed by atoms with E-state index in [0.717, 1.165) is 19.3 Å². The van der Waals surface area contributed by atoms with E-state index in [2.05, 4.69) is 6.92 Å². The first-order valence-electron chi connectivity index (χ1n) is 15.1. The van der Waals surface area contributed by atoms with Gasteiger partial charge in [0, 0.05) is 12.8 Å². The van der Waals surface area contributed by atoms with Crippen LogP contribution in [0.1, 0.15) is 71.6 Å². The quantitative estimate of drug-likeness (QED) is 0.0835. The smallest absolute Gasteiger partial charge is 0.305 e. The standard InChI is InChI=1S/C29H56O11/c1-3-5-6-7-8-9-11-29(31)40-27-25-38-23-21-36-19-17-34-15-13-32-12-14-33-16-18-35-20-22-37-24-26-39-28(30)10-4-2/h3-27H2,1-2H3. The third-order valence-corrected chi connectivity index (χ3v) is 5.40. The molecule has 0 aromatic heterocycles. The summed E-state index contributed by atoms with van der Waals surface area (Å²) in [4.78, 5) is 22.8. The van der Waals surface area contributed by atoms with E-state index in [1.165, 1.54) is 25.7 Å². The zero-order valence-corrected chi connectivity index (χ0v) is 25.2. The number of esters is 2. The van der Waals surface area contributed by atoms with Gasteiger partial charge < -0.3 is 42.6 Å². The molecule has 0 fully saturated rings. The van der Waals surface area contributed by atoms with E-state index in [1.54, 1.807) is 0 Å². The predicted octanol–water partition coefficient (Wildman–Crippen LogP) is 3.74. The van der Waals surface area contributed by atoms with Gasteiger partial charge in [-0.05, 0) is 12.8 Å².